The number of unbranched alkanes of at least 4 members (excludes halogenated alkanes) is 1. The average molecular weight is 294 g/mol. The van der Waals surface area contributed by atoms with E-state index in [2.05, 4.69) is 15.5 Å². The molecule has 1 amide bonds. The number of amides is 1. The molecule has 0 atom stereocenters. The van der Waals surface area contributed by atoms with E-state index in [9.17, 15) is 14.9 Å². The van der Waals surface area contributed by atoms with Gasteiger partial charge in [0.1, 0.15) is 5.69 Å². The van der Waals surface area contributed by atoms with Crippen molar-refractivity contribution in [3.05, 3.63) is 33.9 Å². The highest BCUT2D eigenvalue weighted by Crippen LogP contribution is 2.25. The molecule has 1 aromatic carbocycles. The van der Waals surface area contributed by atoms with Crippen LogP contribution in [-0.2, 0) is 0 Å². The van der Waals surface area contributed by atoms with Gasteiger partial charge in [-0.3, -0.25) is 14.9 Å². The summed E-state index contributed by atoms with van der Waals surface area (Å²) in [5.74, 6) is -0.337. The molecule has 0 spiro atoms. The third-order valence-corrected chi connectivity index (χ3v) is 3.03. The molecule has 2 N–H and O–H groups in total. The monoisotopic (exact) mass is 294 g/mol. The van der Waals surface area contributed by atoms with Gasteiger partial charge < -0.3 is 15.5 Å². The summed E-state index contributed by atoms with van der Waals surface area (Å²) in [6.07, 6.45) is 1.94. The fraction of sp³-hybridized carbons (Fsp3) is 0.500. The fourth-order valence-electron chi connectivity index (χ4n) is 1.89. The van der Waals surface area contributed by atoms with Crippen molar-refractivity contribution in [2.45, 2.75) is 12.8 Å². The van der Waals surface area contributed by atoms with Crippen molar-refractivity contribution >= 4 is 17.3 Å². The van der Waals surface area contributed by atoms with Gasteiger partial charge in [0.25, 0.3) is 11.6 Å². The fourth-order valence-corrected chi connectivity index (χ4v) is 1.89. The summed E-state index contributed by atoms with van der Waals surface area (Å²) in [5.41, 5.74) is 0.642. The highest BCUT2D eigenvalue weighted by Gasteiger charge is 2.16. The molecule has 21 heavy (non-hydrogen) atoms. The number of nitro benzene ring substituents is 1. The van der Waals surface area contributed by atoms with Crippen LogP contribution >= 0.6 is 0 Å². The topological polar surface area (TPSA) is 87.5 Å². The van der Waals surface area contributed by atoms with Crippen molar-refractivity contribution in [2.24, 2.45) is 0 Å². The van der Waals surface area contributed by atoms with E-state index in [0.29, 0.717) is 12.2 Å². The Balaban J connectivity index is 2.69. The van der Waals surface area contributed by atoms with Gasteiger partial charge in [-0.2, -0.15) is 0 Å². The Bertz CT molecular complexity index is 503. The number of benzene rings is 1. The van der Waals surface area contributed by atoms with E-state index in [-0.39, 0.29) is 17.2 Å². The van der Waals surface area contributed by atoms with E-state index in [4.69, 9.17) is 0 Å². The average Bonchev–Trinajstić information content (AvgIpc) is 2.45. The Kier molecular flexibility index (Phi) is 6.61. The molecule has 0 aromatic heterocycles. The molecule has 0 saturated heterocycles. The van der Waals surface area contributed by atoms with Crippen LogP contribution in [0.5, 0.6) is 0 Å². The van der Waals surface area contributed by atoms with Gasteiger partial charge in [-0.15, -0.1) is 0 Å². The normalized spacial score (nSPS) is 10.5. The van der Waals surface area contributed by atoms with E-state index in [1.54, 1.807) is 12.1 Å². The third kappa shape index (κ3) is 5.39. The second-order valence-electron chi connectivity index (χ2n) is 5.01. The number of hydrogen-bond acceptors (Lipinski definition) is 5. The minimum atomic E-state index is -0.478. The Morgan fingerprint density at radius 1 is 1.33 bits per heavy atom. The van der Waals surface area contributed by atoms with Crippen LogP contribution in [0.25, 0.3) is 0 Å². The predicted molar refractivity (Wildman–Crippen MR) is 82.8 cm³/mol. The quantitative estimate of drug-likeness (QED) is 0.433. The molecule has 0 aliphatic heterocycles. The van der Waals surface area contributed by atoms with Crippen molar-refractivity contribution in [1.82, 2.24) is 10.2 Å². The van der Waals surface area contributed by atoms with Crippen LogP contribution < -0.4 is 10.6 Å². The van der Waals surface area contributed by atoms with E-state index in [0.717, 1.165) is 19.4 Å². The van der Waals surface area contributed by atoms with Crippen molar-refractivity contribution in [2.75, 3.05) is 39.5 Å². The number of carbonyl (C=O) groups is 1. The Labute approximate surface area is 124 Å². The molecule has 0 unspecified atom stereocenters. The number of rotatable bonds is 8. The predicted octanol–water partition coefficient (Wildman–Crippen LogP) is 1.71. The van der Waals surface area contributed by atoms with Crippen LogP contribution in [0.15, 0.2) is 18.2 Å². The largest absolute Gasteiger partial charge is 0.379 e. The number of carbonyl (C=O) groups excluding carboxylic acids is 1. The first-order valence-corrected chi connectivity index (χ1v) is 6.85. The van der Waals surface area contributed by atoms with Gasteiger partial charge in [0.15, 0.2) is 0 Å². The molecule has 0 bridgehead atoms. The second kappa shape index (κ2) is 8.21. The molecule has 0 fully saturated rings. The Morgan fingerprint density at radius 3 is 2.62 bits per heavy atom. The lowest BCUT2D eigenvalue weighted by Gasteiger charge is -2.10. The minimum Gasteiger partial charge on any atom is -0.379 e. The van der Waals surface area contributed by atoms with Crippen molar-refractivity contribution in [3.63, 3.8) is 0 Å². The van der Waals surface area contributed by atoms with Crippen LogP contribution in [0.3, 0.4) is 0 Å². The summed E-state index contributed by atoms with van der Waals surface area (Å²) in [6, 6.07) is 4.45. The van der Waals surface area contributed by atoms with E-state index >= 15 is 0 Å². The maximum absolute atomic E-state index is 11.5. The first-order valence-electron chi connectivity index (χ1n) is 6.85. The first kappa shape index (κ1) is 16.9. The minimum absolute atomic E-state index is 0.0799. The van der Waals surface area contributed by atoms with Crippen LogP contribution in [0, 0.1) is 10.1 Å². The molecule has 0 radical (unpaired) electrons. The number of nitrogens with one attached hydrogen (secondary N) is 2. The first-order chi connectivity index (χ1) is 9.95. The smallest absolute Gasteiger partial charge is 0.293 e. The van der Waals surface area contributed by atoms with Crippen LogP contribution in [0.1, 0.15) is 23.2 Å². The number of hydrogen-bond donors (Lipinski definition) is 2. The van der Waals surface area contributed by atoms with Gasteiger partial charge in [0, 0.05) is 25.2 Å². The molecule has 0 aliphatic carbocycles. The number of anilines is 1. The summed E-state index contributed by atoms with van der Waals surface area (Å²) in [7, 11) is 5.51. The molecule has 1 rings (SSSR count). The molecule has 7 nitrogen and oxygen atoms in total. The summed E-state index contributed by atoms with van der Waals surface area (Å²) in [4.78, 5) is 24.2. The van der Waals surface area contributed by atoms with Crippen LogP contribution in [0.2, 0.25) is 0 Å². The lowest BCUT2D eigenvalue weighted by atomic mass is 10.1. The molecule has 0 heterocycles. The van der Waals surface area contributed by atoms with E-state index in [1.807, 2.05) is 14.1 Å². The maximum atomic E-state index is 11.5. The SMILES string of the molecule is CNC(=O)c1ccc(NCCCCN(C)C)c([N+](=O)[O-])c1. The summed E-state index contributed by atoms with van der Waals surface area (Å²) < 4.78 is 0. The Hall–Kier alpha value is -2.15. The van der Waals surface area contributed by atoms with Gasteiger partial charge in [0.05, 0.1) is 4.92 Å². The van der Waals surface area contributed by atoms with Crippen molar-refractivity contribution < 1.29 is 9.72 Å². The second-order valence-corrected chi connectivity index (χ2v) is 5.01. The molecule has 7 heteroatoms. The van der Waals surface area contributed by atoms with Gasteiger partial charge in [-0.25, -0.2) is 0 Å². The zero-order valence-electron chi connectivity index (χ0n) is 12.7. The highest BCUT2D eigenvalue weighted by molar-refractivity contribution is 5.95. The van der Waals surface area contributed by atoms with Crippen LogP contribution in [-0.4, -0.2) is 50.0 Å². The van der Waals surface area contributed by atoms with Gasteiger partial charge in [-0.05, 0) is 45.6 Å². The third-order valence-electron chi connectivity index (χ3n) is 3.03. The molecule has 0 aliphatic rings. The van der Waals surface area contributed by atoms with E-state index in [1.165, 1.54) is 13.1 Å². The zero-order chi connectivity index (χ0) is 15.8. The molecular weight excluding hydrogens is 272 g/mol. The van der Waals surface area contributed by atoms with Crippen LogP contribution in [0.4, 0.5) is 11.4 Å². The van der Waals surface area contributed by atoms with Gasteiger partial charge >= 0.3 is 0 Å². The number of nitrogens with zero attached hydrogens (tertiary/aromatic N) is 2. The standard InChI is InChI=1S/C14H22N4O3/c1-15-14(19)11-6-7-12(13(10-11)18(20)21)16-8-4-5-9-17(2)3/h6-7,10,16H,4-5,8-9H2,1-3H3,(H,15,19). The highest BCUT2D eigenvalue weighted by atomic mass is 16.6. The zero-order valence-corrected chi connectivity index (χ0v) is 12.7. The van der Waals surface area contributed by atoms with E-state index < -0.39 is 4.92 Å². The molecule has 0 saturated carbocycles. The summed E-state index contributed by atoms with van der Waals surface area (Å²) in [5, 5.41) is 16.6. The van der Waals surface area contributed by atoms with Gasteiger partial charge in [0.2, 0.25) is 0 Å². The summed E-state index contributed by atoms with van der Waals surface area (Å²) in [6.45, 7) is 1.65. The Morgan fingerprint density at radius 2 is 2.05 bits per heavy atom. The molecule has 1 aromatic rings. The van der Waals surface area contributed by atoms with Gasteiger partial charge in [-0.1, -0.05) is 0 Å². The van der Waals surface area contributed by atoms with Crippen molar-refractivity contribution in [1.29, 1.82) is 0 Å². The summed E-state index contributed by atoms with van der Waals surface area (Å²) >= 11 is 0. The molecule has 116 valence electrons. The maximum Gasteiger partial charge on any atom is 0.293 e. The lowest BCUT2D eigenvalue weighted by molar-refractivity contribution is -0.384. The lowest BCUT2D eigenvalue weighted by Crippen LogP contribution is -2.18. The molecular formula is C14H22N4O3. The van der Waals surface area contributed by atoms with Crippen molar-refractivity contribution in [3.8, 4) is 0 Å². The number of nitro groups is 1.